The Labute approximate surface area is 108 Å². The van der Waals surface area contributed by atoms with Crippen molar-refractivity contribution in [1.82, 2.24) is 9.97 Å². The van der Waals surface area contributed by atoms with Crippen molar-refractivity contribution in [2.45, 2.75) is 38.3 Å². The van der Waals surface area contributed by atoms with Gasteiger partial charge in [0.2, 0.25) is 0 Å². The smallest absolute Gasteiger partial charge is 0.137 e. The van der Waals surface area contributed by atoms with Gasteiger partial charge < -0.3 is 15.0 Å². The van der Waals surface area contributed by atoms with E-state index in [9.17, 15) is 0 Å². The van der Waals surface area contributed by atoms with E-state index in [2.05, 4.69) is 27.1 Å². The maximum atomic E-state index is 5.85. The van der Waals surface area contributed by atoms with Crippen LogP contribution in [0, 0.1) is 6.92 Å². The first-order valence-corrected chi connectivity index (χ1v) is 6.69. The molecule has 0 bridgehead atoms. The van der Waals surface area contributed by atoms with Gasteiger partial charge in [-0.2, -0.15) is 0 Å². The summed E-state index contributed by atoms with van der Waals surface area (Å²) in [6.07, 6.45) is 5.70. The van der Waals surface area contributed by atoms with E-state index in [1.165, 1.54) is 19.3 Å². The molecule has 5 nitrogen and oxygen atoms in total. The van der Waals surface area contributed by atoms with Crippen LogP contribution in [-0.2, 0) is 4.74 Å². The molecule has 1 aromatic rings. The number of rotatable bonds is 2. The van der Waals surface area contributed by atoms with Crippen LogP contribution in [0.15, 0.2) is 6.33 Å². The molecule has 2 atom stereocenters. The first-order chi connectivity index (χ1) is 8.81. The summed E-state index contributed by atoms with van der Waals surface area (Å²) in [7, 11) is 1.90. The van der Waals surface area contributed by atoms with E-state index in [1.54, 1.807) is 6.33 Å². The number of hydrogen-bond acceptors (Lipinski definition) is 5. The fourth-order valence-corrected chi connectivity index (χ4v) is 3.17. The molecule has 0 amide bonds. The number of morpholine rings is 1. The normalized spacial score (nSPS) is 27.1. The molecule has 3 rings (SSSR count). The summed E-state index contributed by atoms with van der Waals surface area (Å²) in [6.45, 7) is 3.82. The summed E-state index contributed by atoms with van der Waals surface area (Å²) in [5, 5.41) is 3.13. The molecule has 5 heteroatoms. The van der Waals surface area contributed by atoms with Crippen molar-refractivity contribution in [3.63, 3.8) is 0 Å². The molecule has 1 saturated heterocycles. The van der Waals surface area contributed by atoms with Crippen LogP contribution in [0.5, 0.6) is 0 Å². The highest BCUT2D eigenvalue weighted by molar-refractivity contribution is 5.58. The number of aromatic nitrogens is 2. The lowest BCUT2D eigenvalue weighted by Gasteiger charge is -2.39. The van der Waals surface area contributed by atoms with Gasteiger partial charge >= 0.3 is 0 Å². The maximum Gasteiger partial charge on any atom is 0.137 e. The summed E-state index contributed by atoms with van der Waals surface area (Å²) < 4.78 is 5.85. The van der Waals surface area contributed by atoms with Crippen molar-refractivity contribution < 1.29 is 4.74 Å². The number of ether oxygens (including phenoxy) is 1. The zero-order valence-electron chi connectivity index (χ0n) is 11.0. The Hall–Kier alpha value is -1.36. The van der Waals surface area contributed by atoms with E-state index in [1.807, 2.05) is 7.05 Å². The molecule has 1 saturated carbocycles. The topological polar surface area (TPSA) is 50.3 Å². The number of hydrogen-bond donors (Lipinski definition) is 1. The summed E-state index contributed by atoms with van der Waals surface area (Å²) in [5.41, 5.74) is 1.13. The Balaban J connectivity index is 1.93. The first-order valence-electron chi connectivity index (χ1n) is 6.69. The molecule has 2 unspecified atom stereocenters. The second kappa shape index (κ2) is 4.72. The van der Waals surface area contributed by atoms with E-state index >= 15 is 0 Å². The lowest BCUT2D eigenvalue weighted by Crippen LogP contribution is -2.49. The summed E-state index contributed by atoms with van der Waals surface area (Å²) in [5.74, 6) is 1.98. The summed E-state index contributed by atoms with van der Waals surface area (Å²) >= 11 is 0. The highest BCUT2D eigenvalue weighted by atomic mass is 16.5. The molecular weight excluding hydrogens is 228 g/mol. The zero-order valence-corrected chi connectivity index (χ0v) is 11.0. The van der Waals surface area contributed by atoms with Gasteiger partial charge in [-0.15, -0.1) is 0 Å². The van der Waals surface area contributed by atoms with Gasteiger partial charge in [-0.3, -0.25) is 0 Å². The van der Waals surface area contributed by atoms with Gasteiger partial charge in [0.05, 0.1) is 18.8 Å². The van der Waals surface area contributed by atoms with Gasteiger partial charge in [-0.25, -0.2) is 9.97 Å². The molecule has 1 aromatic heterocycles. The van der Waals surface area contributed by atoms with Crippen molar-refractivity contribution in [2.24, 2.45) is 0 Å². The molecule has 2 aliphatic rings. The maximum absolute atomic E-state index is 5.85. The monoisotopic (exact) mass is 248 g/mol. The number of nitrogens with zero attached hydrogens (tertiary/aromatic N) is 3. The van der Waals surface area contributed by atoms with Crippen molar-refractivity contribution in [1.29, 1.82) is 0 Å². The van der Waals surface area contributed by atoms with Crippen LogP contribution >= 0.6 is 0 Å². The summed E-state index contributed by atoms with van der Waals surface area (Å²) in [4.78, 5) is 11.2. The number of fused-ring (bicyclic) bond motifs is 1. The van der Waals surface area contributed by atoms with Gasteiger partial charge in [0, 0.05) is 19.2 Å². The van der Waals surface area contributed by atoms with Crippen LogP contribution < -0.4 is 10.2 Å². The molecule has 0 radical (unpaired) electrons. The number of anilines is 2. The van der Waals surface area contributed by atoms with Crippen LogP contribution in [0.3, 0.4) is 0 Å². The molecule has 0 spiro atoms. The molecule has 0 aromatic carbocycles. The Morgan fingerprint density at radius 1 is 1.39 bits per heavy atom. The van der Waals surface area contributed by atoms with Crippen LogP contribution in [0.1, 0.15) is 24.8 Å². The molecule has 2 heterocycles. The van der Waals surface area contributed by atoms with Crippen LogP contribution in [0.25, 0.3) is 0 Å². The Morgan fingerprint density at radius 3 is 3.11 bits per heavy atom. The largest absolute Gasteiger partial charge is 0.374 e. The van der Waals surface area contributed by atoms with Gasteiger partial charge in [0.15, 0.2) is 0 Å². The van der Waals surface area contributed by atoms with Gasteiger partial charge in [0.1, 0.15) is 18.0 Å². The van der Waals surface area contributed by atoms with E-state index < -0.39 is 0 Å². The average molecular weight is 248 g/mol. The quantitative estimate of drug-likeness (QED) is 0.861. The van der Waals surface area contributed by atoms with Crippen molar-refractivity contribution >= 4 is 11.6 Å². The highest BCUT2D eigenvalue weighted by Gasteiger charge is 2.37. The van der Waals surface area contributed by atoms with E-state index in [4.69, 9.17) is 4.74 Å². The predicted octanol–water partition coefficient (Wildman–Crippen LogP) is 1.58. The van der Waals surface area contributed by atoms with Gasteiger partial charge in [-0.05, 0) is 26.2 Å². The highest BCUT2D eigenvalue weighted by Crippen LogP contribution is 2.34. The molecule has 98 valence electrons. The third kappa shape index (κ3) is 1.82. The van der Waals surface area contributed by atoms with Crippen LogP contribution in [0.2, 0.25) is 0 Å². The fourth-order valence-electron chi connectivity index (χ4n) is 3.17. The Kier molecular flexibility index (Phi) is 3.07. The van der Waals surface area contributed by atoms with Gasteiger partial charge in [-0.1, -0.05) is 0 Å². The van der Waals surface area contributed by atoms with E-state index in [0.717, 1.165) is 30.4 Å². The third-order valence-corrected chi connectivity index (χ3v) is 4.05. The molecule has 2 fully saturated rings. The van der Waals surface area contributed by atoms with Crippen molar-refractivity contribution in [3.05, 3.63) is 11.9 Å². The fraction of sp³-hybridized carbons (Fsp3) is 0.692. The molecule has 18 heavy (non-hydrogen) atoms. The standard InChI is InChI=1S/C13H20N4O/c1-9-12(14-2)15-8-16-13(9)17-6-7-18-11-5-3-4-10(11)17/h8,10-11H,3-7H2,1-2H3,(H,14,15,16). The average Bonchev–Trinajstić information content (AvgIpc) is 2.87. The minimum Gasteiger partial charge on any atom is -0.374 e. The molecule has 1 aliphatic heterocycles. The second-order valence-electron chi connectivity index (χ2n) is 5.02. The molecule has 1 N–H and O–H groups in total. The predicted molar refractivity (Wildman–Crippen MR) is 71.0 cm³/mol. The lowest BCUT2D eigenvalue weighted by molar-refractivity contribution is 0.0253. The SMILES string of the molecule is CNc1ncnc(N2CCOC3CCCC32)c1C. The Bertz CT molecular complexity index is 437. The Morgan fingerprint density at radius 2 is 2.28 bits per heavy atom. The third-order valence-electron chi connectivity index (χ3n) is 4.05. The summed E-state index contributed by atoms with van der Waals surface area (Å²) in [6, 6.07) is 0.497. The second-order valence-corrected chi connectivity index (χ2v) is 5.02. The van der Waals surface area contributed by atoms with Crippen LogP contribution in [-0.4, -0.2) is 42.3 Å². The lowest BCUT2D eigenvalue weighted by atomic mass is 10.1. The van der Waals surface area contributed by atoms with Gasteiger partial charge in [0.25, 0.3) is 0 Å². The number of nitrogens with one attached hydrogen (secondary N) is 1. The zero-order chi connectivity index (χ0) is 12.5. The van der Waals surface area contributed by atoms with Crippen molar-refractivity contribution in [3.8, 4) is 0 Å². The molecule has 1 aliphatic carbocycles. The minimum atomic E-state index is 0.395. The minimum absolute atomic E-state index is 0.395. The first kappa shape index (κ1) is 11.7. The van der Waals surface area contributed by atoms with Crippen molar-refractivity contribution in [2.75, 3.05) is 30.4 Å². The molecular formula is C13H20N4O. The van der Waals surface area contributed by atoms with E-state index in [0.29, 0.717) is 12.1 Å². The van der Waals surface area contributed by atoms with Crippen LogP contribution in [0.4, 0.5) is 11.6 Å². The van der Waals surface area contributed by atoms with E-state index in [-0.39, 0.29) is 0 Å².